The maximum atomic E-state index is 5.28. The van der Waals surface area contributed by atoms with Crippen LogP contribution in [0.25, 0.3) is 0 Å². The fraction of sp³-hybridized carbons (Fsp3) is 0.385. The Hall–Kier alpha value is -1.20. The fourth-order valence-corrected chi connectivity index (χ4v) is 1.74. The van der Waals surface area contributed by atoms with E-state index in [0.717, 1.165) is 10.0 Å². The third-order valence-corrected chi connectivity index (χ3v) is 3.43. The summed E-state index contributed by atoms with van der Waals surface area (Å²) in [7, 11) is 1.87. The van der Waals surface area contributed by atoms with Crippen LogP contribution in [0.15, 0.2) is 33.3 Å². The van der Waals surface area contributed by atoms with Crippen molar-refractivity contribution in [2.24, 2.45) is 0 Å². The number of aromatic nitrogens is 2. The molecular formula is C13H16BrN3O. The first-order valence-electron chi connectivity index (χ1n) is 5.77. The molecule has 0 radical (unpaired) electrons. The van der Waals surface area contributed by atoms with Gasteiger partial charge in [0.25, 0.3) is 0 Å². The topological polar surface area (TPSA) is 51.0 Å². The van der Waals surface area contributed by atoms with Crippen LogP contribution in [0.1, 0.15) is 31.1 Å². The Morgan fingerprint density at radius 3 is 2.56 bits per heavy atom. The maximum absolute atomic E-state index is 5.28. The van der Waals surface area contributed by atoms with E-state index in [1.807, 2.05) is 45.2 Å². The first-order valence-corrected chi connectivity index (χ1v) is 6.57. The molecule has 0 aliphatic carbocycles. The van der Waals surface area contributed by atoms with Gasteiger partial charge in [-0.3, -0.25) is 0 Å². The van der Waals surface area contributed by atoms with Crippen molar-refractivity contribution < 1.29 is 4.52 Å². The Balaban J connectivity index is 2.14. The minimum Gasteiger partial charge on any atom is -0.337 e. The molecule has 0 saturated heterocycles. The van der Waals surface area contributed by atoms with Crippen LogP contribution >= 0.6 is 15.9 Å². The van der Waals surface area contributed by atoms with Gasteiger partial charge < -0.3 is 9.84 Å². The molecule has 0 fully saturated rings. The lowest BCUT2D eigenvalue weighted by Crippen LogP contribution is -2.33. The number of benzene rings is 1. The van der Waals surface area contributed by atoms with E-state index in [0.29, 0.717) is 18.1 Å². The minimum atomic E-state index is -0.301. The predicted octanol–water partition coefficient (Wildman–Crippen LogP) is 2.88. The molecule has 96 valence electrons. The Labute approximate surface area is 115 Å². The van der Waals surface area contributed by atoms with E-state index in [2.05, 4.69) is 31.4 Å². The molecule has 0 saturated carbocycles. The highest BCUT2D eigenvalue weighted by Gasteiger charge is 2.25. The largest absolute Gasteiger partial charge is 0.337 e. The summed E-state index contributed by atoms with van der Waals surface area (Å²) in [6.45, 7) is 4.01. The molecular weight excluding hydrogens is 294 g/mol. The number of halogens is 1. The van der Waals surface area contributed by atoms with Gasteiger partial charge in [-0.05, 0) is 38.6 Å². The van der Waals surface area contributed by atoms with Gasteiger partial charge in [0.1, 0.15) is 0 Å². The van der Waals surface area contributed by atoms with Crippen LogP contribution in [0.2, 0.25) is 0 Å². The Morgan fingerprint density at radius 1 is 1.28 bits per heavy atom. The first-order chi connectivity index (χ1) is 8.51. The van der Waals surface area contributed by atoms with Crippen molar-refractivity contribution in [1.82, 2.24) is 15.5 Å². The van der Waals surface area contributed by atoms with Crippen LogP contribution in [0.5, 0.6) is 0 Å². The standard InChI is InChI=1S/C13H16BrN3O/c1-13(2,15-3)12-16-11(17-18-12)8-9-4-6-10(14)7-5-9/h4-7,15H,8H2,1-3H3. The molecule has 0 amide bonds. The van der Waals surface area contributed by atoms with E-state index in [1.165, 1.54) is 0 Å². The second kappa shape index (κ2) is 5.20. The van der Waals surface area contributed by atoms with Gasteiger partial charge in [-0.1, -0.05) is 33.2 Å². The highest BCUT2D eigenvalue weighted by atomic mass is 79.9. The van der Waals surface area contributed by atoms with Gasteiger partial charge >= 0.3 is 0 Å². The molecule has 0 unspecified atom stereocenters. The second-order valence-electron chi connectivity index (χ2n) is 4.69. The molecule has 1 aromatic carbocycles. The van der Waals surface area contributed by atoms with E-state index < -0.39 is 0 Å². The average Bonchev–Trinajstić information content (AvgIpc) is 2.81. The number of hydrogen-bond acceptors (Lipinski definition) is 4. The molecule has 1 aromatic heterocycles. The van der Waals surface area contributed by atoms with Crippen molar-refractivity contribution in [2.45, 2.75) is 25.8 Å². The van der Waals surface area contributed by atoms with E-state index in [-0.39, 0.29) is 5.54 Å². The second-order valence-corrected chi connectivity index (χ2v) is 5.61. The van der Waals surface area contributed by atoms with E-state index in [1.54, 1.807) is 0 Å². The molecule has 2 rings (SSSR count). The lowest BCUT2D eigenvalue weighted by Gasteiger charge is -2.17. The molecule has 4 nitrogen and oxygen atoms in total. The average molecular weight is 310 g/mol. The van der Waals surface area contributed by atoms with E-state index >= 15 is 0 Å². The van der Waals surface area contributed by atoms with Crippen molar-refractivity contribution in [1.29, 1.82) is 0 Å². The van der Waals surface area contributed by atoms with Gasteiger partial charge in [-0.2, -0.15) is 4.98 Å². The molecule has 0 atom stereocenters. The highest BCUT2D eigenvalue weighted by Crippen LogP contribution is 2.18. The van der Waals surface area contributed by atoms with Crippen molar-refractivity contribution in [3.05, 3.63) is 46.0 Å². The van der Waals surface area contributed by atoms with Crippen LogP contribution in [0.3, 0.4) is 0 Å². The van der Waals surface area contributed by atoms with Crippen LogP contribution in [0.4, 0.5) is 0 Å². The third-order valence-electron chi connectivity index (χ3n) is 2.90. The summed E-state index contributed by atoms with van der Waals surface area (Å²) in [5.74, 6) is 1.31. The summed E-state index contributed by atoms with van der Waals surface area (Å²) in [5.41, 5.74) is 0.859. The zero-order valence-electron chi connectivity index (χ0n) is 10.7. The number of hydrogen-bond donors (Lipinski definition) is 1. The Morgan fingerprint density at radius 2 is 1.94 bits per heavy atom. The normalized spacial score (nSPS) is 11.8. The summed E-state index contributed by atoms with van der Waals surface area (Å²) in [6, 6.07) is 8.11. The molecule has 0 bridgehead atoms. The first kappa shape index (κ1) is 13.2. The van der Waals surface area contributed by atoms with Crippen molar-refractivity contribution in [3.63, 3.8) is 0 Å². The summed E-state index contributed by atoms with van der Waals surface area (Å²) in [6.07, 6.45) is 0.677. The zero-order chi connectivity index (χ0) is 13.2. The van der Waals surface area contributed by atoms with Crippen molar-refractivity contribution >= 4 is 15.9 Å². The molecule has 1 N–H and O–H groups in total. The van der Waals surface area contributed by atoms with Gasteiger partial charge in [-0.15, -0.1) is 0 Å². The van der Waals surface area contributed by atoms with Crippen LogP contribution in [-0.4, -0.2) is 17.2 Å². The zero-order valence-corrected chi connectivity index (χ0v) is 12.3. The number of nitrogens with one attached hydrogen (secondary N) is 1. The Bertz CT molecular complexity index is 519. The van der Waals surface area contributed by atoms with Gasteiger partial charge in [0.2, 0.25) is 5.89 Å². The van der Waals surface area contributed by atoms with Crippen molar-refractivity contribution in [3.8, 4) is 0 Å². The highest BCUT2D eigenvalue weighted by molar-refractivity contribution is 9.10. The quantitative estimate of drug-likeness (QED) is 0.943. The predicted molar refractivity (Wildman–Crippen MR) is 73.3 cm³/mol. The lowest BCUT2D eigenvalue weighted by molar-refractivity contribution is 0.279. The lowest BCUT2D eigenvalue weighted by atomic mass is 10.1. The molecule has 0 spiro atoms. The van der Waals surface area contributed by atoms with Crippen molar-refractivity contribution in [2.75, 3.05) is 7.05 Å². The molecule has 18 heavy (non-hydrogen) atoms. The number of rotatable bonds is 4. The third kappa shape index (κ3) is 2.97. The van der Waals surface area contributed by atoms with E-state index in [4.69, 9.17) is 4.52 Å². The van der Waals surface area contributed by atoms with Crippen LogP contribution in [0, 0.1) is 0 Å². The molecule has 0 aliphatic rings. The minimum absolute atomic E-state index is 0.301. The summed E-state index contributed by atoms with van der Waals surface area (Å²) in [4.78, 5) is 4.42. The van der Waals surface area contributed by atoms with Crippen LogP contribution in [-0.2, 0) is 12.0 Å². The molecule has 0 aliphatic heterocycles. The van der Waals surface area contributed by atoms with Gasteiger partial charge in [0.15, 0.2) is 5.82 Å². The monoisotopic (exact) mass is 309 g/mol. The summed E-state index contributed by atoms with van der Waals surface area (Å²) >= 11 is 3.41. The van der Waals surface area contributed by atoms with Crippen LogP contribution < -0.4 is 5.32 Å². The molecule has 5 heteroatoms. The number of nitrogens with zero attached hydrogens (tertiary/aromatic N) is 2. The van der Waals surface area contributed by atoms with Gasteiger partial charge in [0, 0.05) is 10.9 Å². The van der Waals surface area contributed by atoms with Gasteiger partial charge in [0.05, 0.1) is 5.54 Å². The van der Waals surface area contributed by atoms with E-state index in [9.17, 15) is 0 Å². The Kier molecular flexibility index (Phi) is 3.82. The van der Waals surface area contributed by atoms with Gasteiger partial charge in [-0.25, -0.2) is 0 Å². The SMILES string of the molecule is CNC(C)(C)c1nc(Cc2ccc(Br)cc2)no1. The maximum Gasteiger partial charge on any atom is 0.246 e. The molecule has 2 aromatic rings. The fourth-order valence-electron chi connectivity index (χ4n) is 1.47. The summed E-state index contributed by atoms with van der Waals surface area (Å²) < 4.78 is 6.35. The smallest absolute Gasteiger partial charge is 0.246 e. The molecule has 1 heterocycles. The summed E-state index contributed by atoms with van der Waals surface area (Å²) in [5, 5.41) is 7.15.